The highest BCUT2D eigenvalue weighted by Gasteiger charge is 2.30. The summed E-state index contributed by atoms with van der Waals surface area (Å²) < 4.78 is 68.5. The molecule has 3 N–H and O–H groups in total. The molecule has 0 saturated carbocycles. The Balaban J connectivity index is 5.13. The van der Waals surface area contributed by atoms with Crippen molar-refractivity contribution in [1.29, 1.82) is 0 Å². The largest absolute Gasteiger partial charge is 0.472 e. The standard InChI is InChI=1S/C78H152O17P2/c1-9-71(8)57-49-41-35-37-45-53-61-78(83)95-74(64-88-75(80)58-50-42-32-28-24-20-15-13-11-10-12-14-18-22-26-30-38-46-54-68(2)3)67-93-97(86,87)91-63-72(79)62-90-96(84,85)92-66-73(65-89-76(81)59-51-43-36-34-40-48-56-70(6)7)94-77(82)60-52-44-33-29-25-21-17-16-19-23-27-31-39-47-55-69(4)5/h68-74,79H,9-67H2,1-8H3,(H,84,85)(H,86,87)/t71?,72?,73-,74-/m1/s1. The summed E-state index contributed by atoms with van der Waals surface area (Å²) in [4.78, 5) is 72.8. The molecular weight excluding hydrogens is 1270 g/mol. The van der Waals surface area contributed by atoms with Gasteiger partial charge in [-0.3, -0.25) is 37.3 Å². The van der Waals surface area contributed by atoms with Crippen molar-refractivity contribution in [3.63, 3.8) is 0 Å². The van der Waals surface area contributed by atoms with E-state index < -0.39 is 97.5 Å². The van der Waals surface area contributed by atoms with Gasteiger partial charge in [0, 0.05) is 25.7 Å². The Labute approximate surface area is 594 Å². The van der Waals surface area contributed by atoms with E-state index in [1.54, 1.807) is 0 Å². The Bertz CT molecular complexity index is 1900. The molecular formula is C78H152O17P2. The van der Waals surface area contributed by atoms with Gasteiger partial charge in [0.05, 0.1) is 26.4 Å². The number of unbranched alkanes of at least 4 members (excludes halogenated alkanes) is 40. The predicted octanol–water partition coefficient (Wildman–Crippen LogP) is 22.8. The van der Waals surface area contributed by atoms with Crippen LogP contribution in [-0.4, -0.2) is 96.7 Å². The third-order valence-corrected chi connectivity index (χ3v) is 20.3. The van der Waals surface area contributed by atoms with E-state index in [0.29, 0.717) is 31.6 Å². The first-order chi connectivity index (χ1) is 46.6. The highest BCUT2D eigenvalue weighted by molar-refractivity contribution is 7.47. The van der Waals surface area contributed by atoms with Crippen LogP contribution in [0.5, 0.6) is 0 Å². The van der Waals surface area contributed by atoms with Crippen molar-refractivity contribution in [2.24, 2.45) is 23.7 Å². The van der Waals surface area contributed by atoms with E-state index in [-0.39, 0.29) is 25.7 Å². The highest BCUT2D eigenvalue weighted by atomic mass is 31.2. The van der Waals surface area contributed by atoms with E-state index in [1.807, 2.05) is 0 Å². The summed E-state index contributed by atoms with van der Waals surface area (Å²) >= 11 is 0. The summed E-state index contributed by atoms with van der Waals surface area (Å²) in [5.74, 6) is 0.894. The number of rotatable bonds is 75. The van der Waals surface area contributed by atoms with Crippen LogP contribution >= 0.6 is 15.6 Å². The molecule has 0 fully saturated rings. The lowest BCUT2D eigenvalue weighted by Crippen LogP contribution is -2.30. The lowest BCUT2D eigenvalue weighted by atomic mass is 10.00. The van der Waals surface area contributed by atoms with E-state index in [1.165, 1.54) is 193 Å². The molecule has 0 aliphatic rings. The lowest BCUT2D eigenvalue weighted by molar-refractivity contribution is -0.161. The zero-order valence-corrected chi connectivity index (χ0v) is 65.5. The Morgan fingerprint density at radius 2 is 0.495 bits per heavy atom. The molecule has 576 valence electrons. The van der Waals surface area contributed by atoms with E-state index >= 15 is 0 Å². The summed E-state index contributed by atoms with van der Waals surface area (Å²) in [6.45, 7) is 14.1. The van der Waals surface area contributed by atoms with Crippen LogP contribution in [0.15, 0.2) is 0 Å². The number of esters is 4. The molecule has 0 aliphatic heterocycles. The van der Waals surface area contributed by atoms with Crippen LogP contribution in [-0.2, 0) is 65.4 Å². The van der Waals surface area contributed by atoms with Gasteiger partial charge in [-0.1, -0.05) is 344 Å². The Hall–Kier alpha value is -1.94. The number of aliphatic hydroxyl groups excluding tert-OH is 1. The second-order valence-electron chi connectivity index (χ2n) is 29.8. The van der Waals surface area contributed by atoms with Gasteiger partial charge < -0.3 is 33.8 Å². The average Bonchev–Trinajstić information content (AvgIpc) is 1.55. The fraction of sp³-hybridized carbons (Fsp3) is 0.949. The monoisotopic (exact) mass is 1420 g/mol. The number of hydrogen-bond acceptors (Lipinski definition) is 15. The smallest absolute Gasteiger partial charge is 0.462 e. The Morgan fingerprint density at radius 3 is 0.732 bits per heavy atom. The normalized spacial score (nSPS) is 14.4. The molecule has 0 aliphatic carbocycles. The average molecular weight is 1420 g/mol. The molecule has 0 spiro atoms. The van der Waals surface area contributed by atoms with Gasteiger partial charge >= 0.3 is 39.5 Å². The second-order valence-corrected chi connectivity index (χ2v) is 32.7. The van der Waals surface area contributed by atoms with Gasteiger partial charge in [-0.05, 0) is 49.4 Å². The molecule has 0 heterocycles. The van der Waals surface area contributed by atoms with Crippen molar-refractivity contribution in [2.75, 3.05) is 39.6 Å². The minimum Gasteiger partial charge on any atom is -0.462 e. The van der Waals surface area contributed by atoms with E-state index in [2.05, 4.69) is 55.4 Å². The number of carbonyl (C=O) groups is 4. The maximum Gasteiger partial charge on any atom is 0.472 e. The van der Waals surface area contributed by atoms with Gasteiger partial charge in [0.2, 0.25) is 0 Å². The van der Waals surface area contributed by atoms with E-state index in [9.17, 15) is 43.2 Å². The molecule has 97 heavy (non-hydrogen) atoms. The Morgan fingerprint density at radius 1 is 0.289 bits per heavy atom. The molecule has 0 amide bonds. The number of carbonyl (C=O) groups excluding carboxylic acids is 4. The molecule has 0 saturated heterocycles. The maximum absolute atomic E-state index is 13.1. The van der Waals surface area contributed by atoms with Gasteiger partial charge in [-0.25, -0.2) is 9.13 Å². The van der Waals surface area contributed by atoms with Crippen LogP contribution < -0.4 is 0 Å². The Kier molecular flexibility index (Phi) is 65.9. The van der Waals surface area contributed by atoms with Crippen molar-refractivity contribution in [1.82, 2.24) is 0 Å². The van der Waals surface area contributed by atoms with E-state index in [0.717, 1.165) is 114 Å². The summed E-state index contributed by atoms with van der Waals surface area (Å²) in [6, 6.07) is 0. The molecule has 6 atom stereocenters. The SMILES string of the molecule is CCC(C)CCCCCCCCC(=O)O[C@H](COC(=O)CCCCCCCCCCCCCCCCCCCCC(C)C)COP(=O)(O)OCC(O)COP(=O)(O)OC[C@@H](COC(=O)CCCCCCCCC(C)C)OC(=O)CCCCCCCCCCCCCCCCC(C)C. The third-order valence-electron chi connectivity index (χ3n) is 18.4. The minimum atomic E-state index is -4.96. The zero-order chi connectivity index (χ0) is 71.7. The fourth-order valence-electron chi connectivity index (χ4n) is 11.9. The molecule has 4 unspecified atom stereocenters. The zero-order valence-electron chi connectivity index (χ0n) is 63.7. The first-order valence-electron chi connectivity index (χ1n) is 40.2. The maximum atomic E-state index is 13.1. The van der Waals surface area contributed by atoms with Gasteiger partial charge in [0.25, 0.3) is 0 Å². The van der Waals surface area contributed by atoms with Crippen molar-refractivity contribution in [3.8, 4) is 0 Å². The predicted molar refractivity (Wildman–Crippen MR) is 395 cm³/mol. The number of ether oxygens (including phenoxy) is 4. The number of phosphoric ester groups is 2. The molecule has 0 aromatic heterocycles. The topological polar surface area (TPSA) is 237 Å². The third kappa shape index (κ3) is 70.9. The lowest BCUT2D eigenvalue weighted by Gasteiger charge is -2.21. The van der Waals surface area contributed by atoms with Crippen LogP contribution in [0.4, 0.5) is 0 Å². The molecule has 0 rings (SSSR count). The van der Waals surface area contributed by atoms with Crippen molar-refractivity contribution < 1.29 is 80.2 Å². The molecule has 17 nitrogen and oxygen atoms in total. The highest BCUT2D eigenvalue weighted by Crippen LogP contribution is 2.45. The van der Waals surface area contributed by atoms with Crippen LogP contribution in [0.2, 0.25) is 0 Å². The first-order valence-corrected chi connectivity index (χ1v) is 43.2. The molecule has 0 radical (unpaired) electrons. The van der Waals surface area contributed by atoms with Crippen LogP contribution in [0.3, 0.4) is 0 Å². The van der Waals surface area contributed by atoms with Gasteiger partial charge in [0.1, 0.15) is 19.3 Å². The van der Waals surface area contributed by atoms with Crippen molar-refractivity contribution >= 4 is 39.5 Å². The van der Waals surface area contributed by atoms with Crippen LogP contribution in [0, 0.1) is 23.7 Å². The molecule has 0 bridgehead atoms. The number of aliphatic hydroxyl groups is 1. The number of hydrogen-bond donors (Lipinski definition) is 3. The van der Waals surface area contributed by atoms with Crippen molar-refractivity contribution in [2.45, 2.75) is 414 Å². The van der Waals surface area contributed by atoms with Crippen LogP contribution in [0.25, 0.3) is 0 Å². The van der Waals surface area contributed by atoms with Gasteiger partial charge in [-0.15, -0.1) is 0 Å². The summed E-state index contributed by atoms with van der Waals surface area (Å²) in [7, 11) is -9.91. The summed E-state index contributed by atoms with van der Waals surface area (Å²) in [6.07, 6.45) is 53.1. The van der Waals surface area contributed by atoms with Gasteiger partial charge in [-0.2, -0.15) is 0 Å². The van der Waals surface area contributed by atoms with Crippen LogP contribution in [0.1, 0.15) is 396 Å². The summed E-state index contributed by atoms with van der Waals surface area (Å²) in [5.41, 5.74) is 0. The summed E-state index contributed by atoms with van der Waals surface area (Å²) in [5, 5.41) is 10.6. The number of phosphoric acid groups is 2. The fourth-order valence-corrected chi connectivity index (χ4v) is 13.5. The van der Waals surface area contributed by atoms with Gasteiger partial charge in [0.15, 0.2) is 12.2 Å². The second kappa shape index (κ2) is 67.2. The van der Waals surface area contributed by atoms with E-state index in [4.69, 9.17) is 37.0 Å². The molecule has 0 aromatic rings. The minimum absolute atomic E-state index is 0.103. The molecule has 0 aromatic carbocycles. The van der Waals surface area contributed by atoms with Crippen molar-refractivity contribution in [3.05, 3.63) is 0 Å². The molecule has 19 heteroatoms. The quantitative estimate of drug-likeness (QED) is 0.0222. The first kappa shape index (κ1) is 95.1.